The van der Waals surface area contributed by atoms with Crippen molar-refractivity contribution in [3.8, 4) is 0 Å². The maximum absolute atomic E-state index is 11.9. The highest BCUT2D eigenvalue weighted by atomic mass is 16.2. The second kappa shape index (κ2) is 6.53. The largest absolute Gasteiger partial charge is 0.399 e. The molecule has 0 heterocycles. The number of nitrogens with two attached hydrogens (primary N) is 1. The van der Waals surface area contributed by atoms with E-state index in [1.807, 2.05) is 0 Å². The quantitative estimate of drug-likeness (QED) is 0.801. The zero-order chi connectivity index (χ0) is 14.4. The summed E-state index contributed by atoms with van der Waals surface area (Å²) in [5.74, 6) is -0.438. The third-order valence-electron chi connectivity index (χ3n) is 2.42. The summed E-state index contributed by atoms with van der Waals surface area (Å²) in [4.78, 5) is 35.2. The van der Waals surface area contributed by atoms with E-state index in [2.05, 4.69) is 5.32 Å². The van der Waals surface area contributed by atoms with Crippen LogP contribution >= 0.6 is 0 Å². The molecule has 0 spiro atoms. The molecular formula is C13H17N3O3. The lowest BCUT2D eigenvalue weighted by atomic mass is 10.2. The van der Waals surface area contributed by atoms with Crippen LogP contribution in [0.3, 0.4) is 0 Å². The standard InChI is InChI=1S/C13H17N3O3/c1-9(17)7-8-15-13(19)16(10(2)18)12-5-3-11(14)4-6-12/h3-6H,7-8,14H2,1-2H3,(H,15,19). The van der Waals surface area contributed by atoms with Gasteiger partial charge in [-0.2, -0.15) is 0 Å². The molecule has 1 aromatic rings. The Labute approximate surface area is 111 Å². The topological polar surface area (TPSA) is 92.5 Å². The van der Waals surface area contributed by atoms with Gasteiger partial charge in [0.2, 0.25) is 5.91 Å². The maximum Gasteiger partial charge on any atom is 0.328 e. The number of anilines is 2. The van der Waals surface area contributed by atoms with Gasteiger partial charge in [0, 0.05) is 25.6 Å². The Balaban J connectivity index is 2.77. The van der Waals surface area contributed by atoms with E-state index < -0.39 is 11.9 Å². The van der Waals surface area contributed by atoms with Crippen molar-refractivity contribution in [2.24, 2.45) is 0 Å². The average Bonchev–Trinajstić information content (AvgIpc) is 2.31. The smallest absolute Gasteiger partial charge is 0.328 e. The summed E-state index contributed by atoms with van der Waals surface area (Å²) in [6, 6.07) is 5.82. The molecule has 0 aliphatic carbocycles. The fourth-order valence-electron chi connectivity index (χ4n) is 1.49. The van der Waals surface area contributed by atoms with Crippen LogP contribution in [-0.4, -0.2) is 24.3 Å². The molecule has 1 rings (SSSR count). The second-order valence-electron chi connectivity index (χ2n) is 4.13. The van der Waals surface area contributed by atoms with E-state index >= 15 is 0 Å². The fraction of sp³-hybridized carbons (Fsp3) is 0.308. The molecule has 0 saturated heterocycles. The Morgan fingerprint density at radius 1 is 1.16 bits per heavy atom. The molecule has 0 saturated carbocycles. The Morgan fingerprint density at radius 2 is 1.74 bits per heavy atom. The van der Waals surface area contributed by atoms with Gasteiger partial charge in [0.05, 0.1) is 5.69 Å². The van der Waals surface area contributed by atoms with Crippen molar-refractivity contribution in [3.63, 3.8) is 0 Å². The highest BCUT2D eigenvalue weighted by Crippen LogP contribution is 2.16. The molecule has 102 valence electrons. The van der Waals surface area contributed by atoms with Crippen LogP contribution in [0.25, 0.3) is 0 Å². The van der Waals surface area contributed by atoms with Crippen molar-refractivity contribution in [3.05, 3.63) is 24.3 Å². The summed E-state index contributed by atoms with van der Waals surface area (Å²) in [5, 5.41) is 2.52. The number of rotatable bonds is 4. The minimum Gasteiger partial charge on any atom is -0.399 e. The Morgan fingerprint density at radius 3 is 2.21 bits per heavy atom. The summed E-state index contributed by atoms with van der Waals surface area (Å²) in [7, 11) is 0. The number of hydrogen-bond donors (Lipinski definition) is 2. The van der Waals surface area contributed by atoms with E-state index in [0.29, 0.717) is 11.4 Å². The SMILES string of the molecule is CC(=O)CCNC(=O)N(C(C)=O)c1ccc(N)cc1. The summed E-state index contributed by atoms with van der Waals surface area (Å²) < 4.78 is 0. The van der Waals surface area contributed by atoms with Crippen LogP contribution in [-0.2, 0) is 9.59 Å². The Kier molecular flexibility index (Phi) is 5.05. The number of Topliss-reactive ketones (excluding diaryl/α,β-unsaturated/α-hetero) is 1. The zero-order valence-corrected chi connectivity index (χ0v) is 11.0. The van der Waals surface area contributed by atoms with Gasteiger partial charge in [0.25, 0.3) is 0 Å². The number of amides is 3. The predicted octanol–water partition coefficient (Wildman–Crippen LogP) is 1.31. The van der Waals surface area contributed by atoms with E-state index in [0.717, 1.165) is 4.90 Å². The molecule has 0 aliphatic rings. The van der Waals surface area contributed by atoms with E-state index in [1.54, 1.807) is 24.3 Å². The van der Waals surface area contributed by atoms with Gasteiger partial charge in [0.1, 0.15) is 5.78 Å². The van der Waals surface area contributed by atoms with Gasteiger partial charge in [-0.25, -0.2) is 9.69 Å². The van der Waals surface area contributed by atoms with E-state index in [-0.39, 0.29) is 18.7 Å². The van der Waals surface area contributed by atoms with Crippen molar-refractivity contribution in [2.75, 3.05) is 17.2 Å². The number of carbonyl (C=O) groups excluding carboxylic acids is 3. The van der Waals surface area contributed by atoms with Crippen LogP contribution in [0.15, 0.2) is 24.3 Å². The minimum atomic E-state index is -0.557. The number of urea groups is 1. The molecule has 6 heteroatoms. The average molecular weight is 263 g/mol. The van der Waals surface area contributed by atoms with Gasteiger partial charge in [0.15, 0.2) is 0 Å². The number of hydrogen-bond acceptors (Lipinski definition) is 4. The highest BCUT2D eigenvalue weighted by molar-refractivity contribution is 6.13. The Bertz CT molecular complexity index is 482. The normalized spacial score (nSPS) is 9.79. The van der Waals surface area contributed by atoms with Gasteiger partial charge in [-0.05, 0) is 31.2 Å². The molecule has 0 atom stereocenters. The minimum absolute atomic E-state index is 0.0258. The van der Waals surface area contributed by atoms with Crippen LogP contribution in [0, 0.1) is 0 Å². The van der Waals surface area contributed by atoms with Gasteiger partial charge < -0.3 is 11.1 Å². The first kappa shape index (κ1) is 14.7. The van der Waals surface area contributed by atoms with Crippen molar-refractivity contribution in [2.45, 2.75) is 20.3 Å². The lowest BCUT2D eigenvalue weighted by Crippen LogP contribution is -2.43. The van der Waals surface area contributed by atoms with Crippen LogP contribution in [0.5, 0.6) is 0 Å². The summed E-state index contributed by atoms with van der Waals surface area (Å²) in [6.07, 6.45) is 0.235. The first-order valence-corrected chi connectivity index (χ1v) is 5.85. The molecule has 3 amide bonds. The number of nitrogens with zero attached hydrogens (tertiary/aromatic N) is 1. The fourth-order valence-corrected chi connectivity index (χ4v) is 1.49. The zero-order valence-electron chi connectivity index (χ0n) is 11.0. The molecule has 0 unspecified atom stereocenters. The van der Waals surface area contributed by atoms with Crippen molar-refractivity contribution in [1.82, 2.24) is 5.32 Å². The third kappa shape index (κ3) is 4.42. The number of nitrogen functional groups attached to an aromatic ring is 1. The summed E-state index contributed by atoms with van der Waals surface area (Å²) >= 11 is 0. The van der Waals surface area contributed by atoms with Crippen LogP contribution < -0.4 is 16.0 Å². The van der Waals surface area contributed by atoms with E-state index in [1.165, 1.54) is 13.8 Å². The van der Waals surface area contributed by atoms with Gasteiger partial charge in [-0.15, -0.1) is 0 Å². The molecule has 0 aliphatic heterocycles. The van der Waals surface area contributed by atoms with Crippen LogP contribution in [0.4, 0.5) is 16.2 Å². The number of benzene rings is 1. The number of ketones is 1. The lowest BCUT2D eigenvalue weighted by molar-refractivity contribution is -0.117. The lowest BCUT2D eigenvalue weighted by Gasteiger charge is -2.19. The van der Waals surface area contributed by atoms with Crippen molar-refractivity contribution in [1.29, 1.82) is 0 Å². The Hall–Kier alpha value is -2.37. The third-order valence-corrected chi connectivity index (χ3v) is 2.42. The van der Waals surface area contributed by atoms with Crippen LogP contribution in [0.1, 0.15) is 20.3 Å². The summed E-state index contributed by atoms with van der Waals surface area (Å²) in [6.45, 7) is 2.93. The molecule has 0 fully saturated rings. The highest BCUT2D eigenvalue weighted by Gasteiger charge is 2.19. The second-order valence-corrected chi connectivity index (χ2v) is 4.13. The molecule has 3 N–H and O–H groups in total. The number of carbonyl (C=O) groups is 3. The first-order chi connectivity index (χ1) is 8.91. The molecule has 0 aromatic heterocycles. The number of imide groups is 1. The first-order valence-electron chi connectivity index (χ1n) is 5.85. The summed E-state index contributed by atoms with van der Waals surface area (Å²) in [5.41, 5.74) is 6.53. The predicted molar refractivity (Wildman–Crippen MR) is 72.7 cm³/mol. The maximum atomic E-state index is 11.9. The van der Waals surface area contributed by atoms with Gasteiger partial charge >= 0.3 is 6.03 Å². The monoisotopic (exact) mass is 263 g/mol. The molecule has 0 bridgehead atoms. The van der Waals surface area contributed by atoms with Gasteiger partial charge in [-0.1, -0.05) is 0 Å². The van der Waals surface area contributed by atoms with Gasteiger partial charge in [-0.3, -0.25) is 9.59 Å². The van der Waals surface area contributed by atoms with Crippen LogP contribution in [0.2, 0.25) is 0 Å². The van der Waals surface area contributed by atoms with E-state index in [9.17, 15) is 14.4 Å². The van der Waals surface area contributed by atoms with E-state index in [4.69, 9.17) is 5.73 Å². The molecule has 1 aromatic carbocycles. The molecule has 6 nitrogen and oxygen atoms in total. The molecular weight excluding hydrogens is 246 g/mol. The van der Waals surface area contributed by atoms with Crippen molar-refractivity contribution < 1.29 is 14.4 Å². The number of nitrogens with one attached hydrogen (secondary N) is 1. The molecule has 0 radical (unpaired) electrons. The van der Waals surface area contributed by atoms with Crippen molar-refractivity contribution >= 4 is 29.1 Å². The molecule has 19 heavy (non-hydrogen) atoms.